The van der Waals surface area contributed by atoms with Gasteiger partial charge < -0.3 is 10.4 Å². The Morgan fingerprint density at radius 3 is 2.78 bits per heavy atom. The lowest BCUT2D eigenvalue weighted by atomic mass is 10.1. The Balaban J connectivity index is 1.72. The number of aromatic hydroxyl groups is 1. The van der Waals surface area contributed by atoms with Crippen molar-refractivity contribution in [2.75, 3.05) is 30.2 Å². The minimum atomic E-state index is -4.21. The molecule has 0 saturated carbocycles. The first kappa shape index (κ1) is 20.0. The zero-order chi connectivity index (χ0) is 19.8. The van der Waals surface area contributed by atoms with Crippen molar-refractivity contribution in [2.24, 2.45) is 0 Å². The lowest BCUT2D eigenvalue weighted by molar-refractivity contribution is -0.117. The number of phenolic OH excluding ortho intramolecular Hbond substituents is 1. The van der Waals surface area contributed by atoms with Gasteiger partial charge in [0, 0.05) is 31.9 Å². The molecule has 1 aromatic carbocycles. The zero-order valence-electron chi connectivity index (χ0n) is 14.6. The number of nitrogens with zero attached hydrogens (tertiary/aromatic N) is 2. The number of amides is 1. The number of rotatable bonds is 5. The second-order valence-corrected chi connectivity index (χ2v) is 9.47. The largest absolute Gasteiger partial charge is 0.506 e. The van der Waals surface area contributed by atoms with Crippen molar-refractivity contribution in [1.82, 2.24) is 14.3 Å². The Morgan fingerprint density at radius 1 is 1.44 bits per heavy atom. The molecule has 0 spiro atoms. The molecule has 2 fully saturated rings. The van der Waals surface area contributed by atoms with Crippen LogP contribution in [0.3, 0.4) is 0 Å². The molecule has 9 nitrogen and oxygen atoms in total. The van der Waals surface area contributed by atoms with Crippen molar-refractivity contribution in [3.63, 3.8) is 0 Å². The van der Waals surface area contributed by atoms with Crippen LogP contribution in [0.15, 0.2) is 12.1 Å². The SMILES string of the molecule is CS(=O)N1CCC[C@@H](NCc2cc(O)c(N3CC(=O)NS3(=O)=O)c(F)c2)C1. The van der Waals surface area contributed by atoms with E-state index in [1.165, 1.54) is 6.07 Å². The molecule has 0 radical (unpaired) electrons. The Kier molecular flexibility index (Phi) is 5.70. The van der Waals surface area contributed by atoms with Crippen LogP contribution >= 0.6 is 0 Å². The standard InChI is InChI=1S/C15H21FN4O5S2/c1-26(23)19-4-2-3-11(8-19)17-7-10-5-12(16)15(13(21)6-10)20-9-14(22)18-27(20,24)25/h5-6,11,17,21H,2-4,7-9H2,1H3,(H,18,22)/t11-,26?/m1/s1. The van der Waals surface area contributed by atoms with Crippen LogP contribution in [-0.2, 0) is 32.5 Å². The summed E-state index contributed by atoms with van der Waals surface area (Å²) in [6.45, 7) is 1.04. The summed E-state index contributed by atoms with van der Waals surface area (Å²) in [6.07, 6.45) is 3.41. The van der Waals surface area contributed by atoms with Gasteiger partial charge in [0.25, 0.3) is 5.91 Å². The number of anilines is 1. The second-order valence-electron chi connectivity index (χ2n) is 6.51. The molecular weight excluding hydrogens is 399 g/mol. The van der Waals surface area contributed by atoms with Crippen molar-refractivity contribution in [2.45, 2.75) is 25.4 Å². The van der Waals surface area contributed by atoms with E-state index in [0.29, 0.717) is 16.4 Å². The normalized spacial score (nSPS) is 24.0. The summed E-state index contributed by atoms with van der Waals surface area (Å²) >= 11 is 0. The lowest BCUT2D eigenvalue weighted by Gasteiger charge is -2.31. The van der Waals surface area contributed by atoms with E-state index in [0.717, 1.165) is 25.5 Å². The van der Waals surface area contributed by atoms with Crippen LogP contribution < -0.4 is 14.3 Å². The van der Waals surface area contributed by atoms with E-state index in [4.69, 9.17) is 0 Å². The quantitative estimate of drug-likeness (QED) is 0.594. The van der Waals surface area contributed by atoms with E-state index in [1.54, 1.807) is 11.0 Å². The maximum absolute atomic E-state index is 14.5. The number of halogens is 1. The van der Waals surface area contributed by atoms with Gasteiger partial charge in [-0.2, -0.15) is 8.42 Å². The van der Waals surface area contributed by atoms with Crippen molar-refractivity contribution in [3.8, 4) is 5.75 Å². The molecule has 3 N–H and O–H groups in total. The molecule has 3 rings (SSSR count). The Morgan fingerprint density at radius 2 is 2.19 bits per heavy atom. The van der Waals surface area contributed by atoms with E-state index in [-0.39, 0.29) is 12.6 Å². The highest BCUT2D eigenvalue weighted by atomic mass is 32.2. The second kappa shape index (κ2) is 7.70. The predicted molar refractivity (Wildman–Crippen MR) is 98.0 cm³/mol. The molecule has 0 aromatic heterocycles. The fraction of sp³-hybridized carbons (Fsp3) is 0.533. The topological polar surface area (TPSA) is 119 Å². The number of piperidine rings is 1. The highest BCUT2D eigenvalue weighted by Gasteiger charge is 2.37. The molecule has 0 bridgehead atoms. The van der Waals surface area contributed by atoms with E-state index < -0.39 is 50.9 Å². The first-order valence-corrected chi connectivity index (χ1v) is 11.3. The van der Waals surface area contributed by atoms with Crippen molar-refractivity contribution >= 4 is 32.8 Å². The molecule has 2 saturated heterocycles. The molecular formula is C15H21FN4O5S2. The van der Waals surface area contributed by atoms with Gasteiger partial charge in [0.1, 0.15) is 18.0 Å². The third-order valence-corrected chi connectivity index (χ3v) is 6.95. The maximum Gasteiger partial charge on any atom is 0.326 e. The average Bonchev–Trinajstić information content (AvgIpc) is 2.85. The van der Waals surface area contributed by atoms with Gasteiger partial charge in [0.05, 0.1) is 11.0 Å². The Bertz CT molecular complexity index is 856. The fourth-order valence-electron chi connectivity index (χ4n) is 3.24. The molecule has 2 heterocycles. The molecule has 2 aliphatic rings. The maximum atomic E-state index is 14.5. The number of benzene rings is 1. The minimum absolute atomic E-state index is 0.0771. The van der Waals surface area contributed by atoms with Crippen molar-refractivity contribution < 1.29 is 26.9 Å². The highest BCUT2D eigenvalue weighted by Crippen LogP contribution is 2.34. The third-order valence-electron chi connectivity index (χ3n) is 4.52. The summed E-state index contributed by atoms with van der Waals surface area (Å²) < 4.78 is 53.9. The van der Waals surface area contributed by atoms with Gasteiger partial charge in [-0.15, -0.1) is 0 Å². The van der Waals surface area contributed by atoms with Gasteiger partial charge >= 0.3 is 10.2 Å². The summed E-state index contributed by atoms with van der Waals surface area (Å²) in [7, 11) is -5.25. The lowest BCUT2D eigenvalue weighted by Crippen LogP contribution is -2.45. The molecule has 0 aliphatic carbocycles. The minimum Gasteiger partial charge on any atom is -0.506 e. The van der Waals surface area contributed by atoms with Crippen LogP contribution in [0, 0.1) is 5.82 Å². The van der Waals surface area contributed by atoms with Crippen molar-refractivity contribution in [3.05, 3.63) is 23.5 Å². The van der Waals surface area contributed by atoms with Gasteiger partial charge in [-0.25, -0.2) is 21.9 Å². The molecule has 1 unspecified atom stereocenters. The third kappa shape index (κ3) is 4.39. The summed E-state index contributed by atoms with van der Waals surface area (Å²) in [4.78, 5) is 11.3. The highest BCUT2D eigenvalue weighted by molar-refractivity contribution is 7.92. The van der Waals surface area contributed by atoms with E-state index in [2.05, 4.69) is 5.32 Å². The fourth-order valence-corrected chi connectivity index (χ4v) is 5.19. The summed E-state index contributed by atoms with van der Waals surface area (Å²) in [5.74, 6) is -2.30. The van der Waals surface area contributed by atoms with Crippen LogP contribution in [0.4, 0.5) is 10.1 Å². The summed E-state index contributed by atoms with van der Waals surface area (Å²) in [5.41, 5.74) is -0.123. The molecule has 27 heavy (non-hydrogen) atoms. The number of phenols is 1. The smallest absolute Gasteiger partial charge is 0.326 e. The molecule has 150 valence electrons. The van der Waals surface area contributed by atoms with Crippen molar-refractivity contribution in [1.29, 1.82) is 0 Å². The molecule has 12 heteroatoms. The number of carbonyl (C=O) groups excluding carboxylic acids is 1. The number of carbonyl (C=O) groups is 1. The average molecular weight is 420 g/mol. The number of hydrogen-bond acceptors (Lipinski definition) is 6. The van der Waals surface area contributed by atoms with Gasteiger partial charge in [0.15, 0.2) is 5.82 Å². The van der Waals surface area contributed by atoms with Crippen LogP contribution in [0.2, 0.25) is 0 Å². The van der Waals surface area contributed by atoms with E-state index in [1.807, 2.05) is 4.31 Å². The van der Waals surface area contributed by atoms with E-state index in [9.17, 15) is 26.9 Å². The van der Waals surface area contributed by atoms with E-state index >= 15 is 0 Å². The molecule has 2 aliphatic heterocycles. The monoisotopic (exact) mass is 420 g/mol. The predicted octanol–water partition coefficient (Wildman–Crippen LogP) is -0.440. The van der Waals surface area contributed by atoms with Gasteiger partial charge in [-0.05, 0) is 30.5 Å². The van der Waals surface area contributed by atoms with Crippen LogP contribution in [0.25, 0.3) is 0 Å². The van der Waals surface area contributed by atoms with Gasteiger partial charge in [0.2, 0.25) is 0 Å². The van der Waals surface area contributed by atoms with Crippen LogP contribution in [0.1, 0.15) is 18.4 Å². The first-order valence-electron chi connectivity index (χ1n) is 8.34. The zero-order valence-corrected chi connectivity index (χ0v) is 16.3. The Hall–Kier alpha value is -1.76. The first-order chi connectivity index (χ1) is 12.7. The van der Waals surface area contributed by atoms with Crippen LogP contribution in [-0.4, -0.2) is 59.9 Å². The molecule has 1 aromatic rings. The molecule has 1 amide bonds. The number of nitrogens with one attached hydrogen (secondary N) is 2. The van der Waals surface area contributed by atoms with Crippen LogP contribution in [0.5, 0.6) is 5.75 Å². The summed E-state index contributed by atoms with van der Waals surface area (Å²) in [5, 5.41) is 13.4. The Labute approximate surface area is 159 Å². The molecule has 2 atom stereocenters. The summed E-state index contributed by atoms with van der Waals surface area (Å²) in [6, 6.07) is 2.47. The van der Waals surface area contributed by atoms with Gasteiger partial charge in [-0.3, -0.25) is 4.79 Å². The number of hydrogen-bond donors (Lipinski definition) is 3. The van der Waals surface area contributed by atoms with Gasteiger partial charge in [-0.1, -0.05) is 0 Å².